The van der Waals surface area contributed by atoms with Crippen LogP contribution in [-0.2, 0) is 6.54 Å². The van der Waals surface area contributed by atoms with Gasteiger partial charge < -0.3 is 4.52 Å². The summed E-state index contributed by atoms with van der Waals surface area (Å²) in [6.45, 7) is 6.08. The van der Waals surface area contributed by atoms with Gasteiger partial charge in [0.25, 0.3) is 0 Å². The van der Waals surface area contributed by atoms with Crippen LogP contribution in [0.2, 0.25) is 0 Å². The van der Waals surface area contributed by atoms with Crippen molar-refractivity contribution in [1.82, 2.24) is 19.9 Å². The Labute approximate surface area is 143 Å². The molecule has 0 radical (unpaired) electrons. The van der Waals surface area contributed by atoms with Crippen molar-refractivity contribution >= 4 is 6.08 Å². The quantitative estimate of drug-likeness (QED) is 0.817. The first-order valence-corrected chi connectivity index (χ1v) is 8.85. The van der Waals surface area contributed by atoms with Gasteiger partial charge in [-0.05, 0) is 18.4 Å². The van der Waals surface area contributed by atoms with Gasteiger partial charge in [0.1, 0.15) is 0 Å². The highest BCUT2D eigenvalue weighted by molar-refractivity contribution is 5.48. The van der Waals surface area contributed by atoms with Crippen molar-refractivity contribution < 1.29 is 4.52 Å². The molecule has 0 unspecified atom stereocenters. The van der Waals surface area contributed by atoms with Crippen LogP contribution in [0.15, 0.2) is 40.9 Å². The largest absolute Gasteiger partial charge is 0.338 e. The molecule has 1 aliphatic carbocycles. The molecular formula is C19H24N4O. The first kappa shape index (κ1) is 15.5. The molecule has 0 spiro atoms. The lowest BCUT2D eigenvalue weighted by Crippen LogP contribution is -2.45. The minimum atomic E-state index is 0.566. The predicted octanol–water partition coefficient (Wildman–Crippen LogP) is 2.78. The Kier molecular flexibility index (Phi) is 4.71. The van der Waals surface area contributed by atoms with Crippen molar-refractivity contribution in [2.45, 2.75) is 25.3 Å². The number of benzene rings is 1. The average molecular weight is 324 g/mol. The van der Waals surface area contributed by atoms with Crippen molar-refractivity contribution in [1.29, 1.82) is 0 Å². The third-order valence-corrected chi connectivity index (χ3v) is 4.72. The summed E-state index contributed by atoms with van der Waals surface area (Å²) in [7, 11) is 0. The van der Waals surface area contributed by atoms with Crippen molar-refractivity contribution in [3.63, 3.8) is 0 Å². The fourth-order valence-electron chi connectivity index (χ4n) is 3.06. The zero-order chi connectivity index (χ0) is 16.2. The first-order chi connectivity index (χ1) is 11.9. The van der Waals surface area contributed by atoms with Crippen LogP contribution < -0.4 is 0 Å². The van der Waals surface area contributed by atoms with Gasteiger partial charge in [0.05, 0.1) is 6.54 Å². The monoisotopic (exact) mass is 324 g/mol. The molecule has 0 N–H and O–H groups in total. The van der Waals surface area contributed by atoms with E-state index in [9.17, 15) is 0 Å². The van der Waals surface area contributed by atoms with E-state index in [-0.39, 0.29) is 0 Å². The van der Waals surface area contributed by atoms with E-state index in [0.29, 0.717) is 5.92 Å². The third kappa shape index (κ3) is 4.10. The zero-order valence-corrected chi connectivity index (χ0v) is 14.0. The Morgan fingerprint density at radius 3 is 2.54 bits per heavy atom. The molecule has 1 aromatic heterocycles. The van der Waals surface area contributed by atoms with Crippen LogP contribution in [0.5, 0.6) is 0 Å². The number of hydrogen-bond acceptors (Lipinski definition) is 5. The van der Waals surface area contributed by atoms with Gasteiger partial charge in [-0.15, -0.1) is 0 Å². The first-order valence-electron chi connectivity index (χ1n) is 8.85. The number of nitrogens with zero attached hydrogens (tertiary/aromatic N) is 4. The normalized spacial score (nSPS) is 20.0. The molecule has 0 bridgehead atoms. The Morgan fingerprint density at radius 2 is 1.79 bits per heavy atom. The van der Waals surface area contributed by atoms with E-state index in [1.807, 2.05) is 6.07 Å². The summed E-state index contributed by atoms with van der Waals surface area (Å²) in [5.41, 5.74) is 1.26. The maximum absolute atomic E-state index is 5.38. The van der Waals surface area contributed by atoms with E-state index in [2.05, 4.69) is 56.4 Å². The standard InChI is InChI=1S/C19H24N4O/c1-2-5-16(6-3-1)7-4-10-22-11-13-23(14-12-22)15-18-20-19(21-24-18)17-8-9-17/h1-7,17H,8-15H2/b7-4+. The molecule has 2 heterocycles. The Bertz CT molecular complexity index is 670. The second kappa shape index (κ2) is 7.28. The average Bonchev–Trinajstić information content (AvgIpc) is 3.37. The third-order valence-electron chi connectivity index (χ3n) is 4.72. The second-order valence-electron chi connectivity index (χ2n) is 6.71. The van der Waals surface area contributed by atoms with Gasteiger partial charge in [-0.1, -0.05) is 47.6 Å². The predicted molar refractivity (Wildman–Crippen MR) is 93.5 cm³/mol. The SMILES string of the molecule is C(=C\c1ccccc1)/CN1CCN(Cc2nc(C3CC3)no2)CC1. The smallest absolute Gasteiger partial charge is 0.240 e. The van der Waals surface area contributed by atoms with E-state index in [1.54, 1.807) is 0 Å². The summed E-state index contributed by atoms with van der Waals surface area (Å²) < 4.78 is 5.38. The Morgan fingerprint density at radius 1 is 1.04 bits per heavy atom. The lowest BCUT2D eigenvalue weighted by atomic mass is 10.2. The topological polar surface area (TPSA) is 45.4 Å². The van der Waals surface area contributed by atoms with Crippen molar-refractivity contribution in [2.24, 2.45) is 0 Å². The van der Waals surface area contributed by atoms with Crippen LogP contribution in [0.3, 0.4) is 0 Å². The number of piperazine rings is 1. The van der Waals surface area contributed by atoms with Crippen LogP contribution in [0.4, 0.5) is 0 Å². The minimum Gasteiger partial charge on any atom is -0.338 e. The summed E-state index contributed by atoms with van der Waals surface area (Å²) >= 11 is 0. The molecule has 4 rings (SSSR count). The van der Waals surface area contributed by atoms with Crippen LogP contribution >= 0.6 is 0 Å². The highest BCUT2D eigenvalue weighted by atomic mass is 16.5. The van der Waals surface area contributed by atoms with Gasteiger partial charge in [-0.2, -0.15) is 4.98 Å². The summed E-state index contributed by atoms with van der Waals surface area (Å²) in [5.74, 6) is 2.25. The summed E-state index contributed by atoms with van der Waals surface area (Å²) in [4.78, 5) is 9.41. The van der Waals surface area contributed by atoms with E-state index in [0.717, 1.165) is 51.0 Å². The van der Waals surface area contributed by atoms with Crippen molar-refractivity contribution in [3.05, 3.63) is 53.7 Å². The van der Waals surface area contributed by atoms with Crippen LogP contribution in [-0.4, -0.2) is 52.7 Å². The number of hydrogen-bond donors (Lipinski definition) is 0. The molecule has 0 atom stereocenters. The van der Waals surface area contributed by atoms with Gasteiger partial charge in [-0.3, -0.25) is 9.80 Å². The summed E-state index contributed by atoms with van der Waals surface area (Å²) in [6.07, 6.45) is 6.89. The number of aromatic nitrogens is 2. The highest BCUT2D eigenvalue weighted by Gasteiger charge is 2.29. The molecule has 5 heteroatoms. The Hall–Kier alpha value is -1.98. The van der Waals surface area contributed by atoms with E-state index in [4.69, 9.17) is 4.52 Å². The van der Waals surface area contributed by atoms with Gasteiger partial charge in [0, 0.05) is 38.6 Å². The fraction of sp³-hybridized carbons (Fsp3) is 0.474. The molecule has 0 amide bonds. The van der Waals surface area contributed by atoms with E-state index < -0.39 is 0 Å². The molecule has 1 saturated heterocycles. The molecule has 5 nitrogen and oxygen atoms in total. The number of rotatable bonds is 6. The van der Waals surface area contributed by atoms with Crippen LogP contribution in [0.1, 0.15) is 36.0 Å². The van der Waals surface area contributed by atoms with Crippen molar-refractivity contribution in [3.8, 4) is 0 Å². The second-order valence-corrected chi connectivity index (χ2v) is 6.71. The maximum Gasteiger partial charge on any atom is 0.240 e. The minimum absolute atomic E-state index is 0.566. The van der Waals surface area contributed by atoms with Gasteiger partial charge in [0.15, 0.2) is 5.82 Å². The lowest BCUT2D eigenvalue weighted by Gasteiger charge is -2.33. The highest BCUT2D eigenvalue weighted by Crippen LogP contribution is 2.38. The molecule has 2 fully saturated rings. The van der Waals surface area contributed by atoms with Crippen LogP contribution in [0.25, 0.3) is 6.08 Å². The van der Waals surface area contributed by atoms with Gasteiger partial charge >= 0.3 is 0 Å². The molecule has 126 valence electrons. The Balaban J connectivity index is 1.20. The molecule has 1 aromatic carbocycles. The molecule has 2 aliphatic rings. The molecule has 2 aromatic rings. The molecular weight excluding hydrogens is 300 g/mol. The van der Waals surface area contributed by atoms with Crippen LogP contribution in [0, 0.1) is 0 Å². The molecule has 1 saturated carbocycles. The van der Waals surface area contributed by atoms with Gasteiger partial charge in [-0.25, -0.2) is 0 Å². The molecule has 24 heavy (non-hydrogen) atoms. The van der Waals surface area contributed by atoms with E-state index in [1.165, 1.54) is 18.4 Å². The van der Waals surface area contributed by atoms with Crippen molar-refractivity contribution in [2.75, 3.05) is 32.7 Å². The lowest BCUT2D eigenvalue weighted by molar-refractivity contribution is 0.125. The fourth-order valence-corrected chi connectivity index (χ4v) is 3.06. The molecule has 1 aliphatic heterocycles. The maximum atomic E-state index is 5.38. The zero-order valence-electron chi connectivity index (χ0n) is 14.0. The van der Waals surface area contributed by atoms with E-state index >= 15 is 0 Å². The van der Waals surface area contributed by atoms with Gasteiger partial charge in [0.2, 0.25) is 5.89 Å². The summed E-state index contributed by atoms with van der Waals surface area (Å²) in [5, 5.41) is 4.10. The summed E-state index contributed by atoms with van der Waals surface area (Å²) in [6, 6.07) is 10.5.